The Balaban J connectivity index is 1.29. The number of morpholine rings is 1. The standard InChI is InChI=1S/C38H50N4O4/c1-4-42(31-14-19-45-20-15-31)36-24-30(29-11-9-28(10-12-29)13-16-41-17-21-46-22-18-41)23-34(26(36)2)37(43)39-25-35-33-8-6-5-7-32(33)27(3)40-38(35)44/h9-12,23-24,31H,4-8,13-22,25H2,1-3H3,(H,39,43)(H,40,44). The number of carbonyl (C=O) groups excluding carboxylic acids is 1. The number of fused-ring (bicyclic) bond motifs is 1. The summed E-state index contributed by atoms with van der Waals surface area (Å²) in [5.41, 5.74) is 10.1. The van der Waals surface area contributed by atoms with E-state index in [2.05, 4.69) is 64.3 Å². The third-order valence-corrected chi connectivity index (χ3v) is 10.3. The smallest absolute Gasteiger partial charge is 0.253 e. The summed E-state index contributed by atoms with van der Waals surface area (Å²) in [7, 11) is 0. The van der Waals surface area contributed by atoms with Gasteiger partial charge in [-0.3, -0.25) is 14.5 Å². The van der Waals surface area contributed by atoms with Crippen LogP contribution in [0.25, 0.3) is 11.1 Å². The van der Waals surface area contributed by atoms with Crippen molar-refractivity contribution in [2.24, 2.45) is 0 Å². The molecule has 2 aliphatic heterocycles. The highest BCUT2D eigenvalue weighted by Gasteiger charge is 2.26. The monoisotopic (exact) mass is 626 g/mol. The maximum atomic E-state index is 14.0. The predicted molar refractivity (Wildman–Crippen MR) is 184 cm³/mol. The van der Waals surface area contributed by atoms with E-state index in [4.69, 9.17) is 9.47 Å². The molecule has 2 fully saturated rings. The van der Waals surface area contributed by atoms with Crippen LogP contribution in [0.5, 0.6) is 0 Å². The van der Waals surface area contributed by atoms with Crippen molar-refractivity contribution in [3.05, 3.63) is 85.8 Å². The van der Waals surface area contributed by atoms with Gasteiger partial charge in [-0.25, -0.2) is 0 Å². The summed E-state index contributed by atoms with van der Waals surface area (Å²) in [5, 5.41) is 3.15. The Hall–Kier alpha value is -3.46. The molecule has 0 unspecified atom stereocenters. The van der Waals surface area contributed by atoms with Gasteiger partial charge in [-0.1, -0.05) is 24.3 Å². The maximum absolute atomic E-state index is 14.0. The first kappa shape index (κ1) is 32.5. The van der Waals surface area contributed by atoms with Crippen LogP contribution in [-0.4, -0.2) is 74.4 Å². The number of carbonyl (C=O) groups is 1. The molecule has 0 saturated carbocycles. The predicted octanol–water partition coefficient (Wildman–Crippen LogP) is 5.35. The fourth-order valence-corrected chi connectivity index (χ4v) is 7.56. The number of anilines is 1. The summed E-state index contributed by atoms with van der Waals surface area (Å²) >= 11 is 0. The molecule has 46 heavy (non-hydrogen) atoms. The molecule has 3 heterocycles. The second kappa shape index (κ2) is 15.0. The van der Waals surface area contributed by atoms with E-state index in [9.17, 15) is 9.59 Å². The zero-order valence-electron chi connectivity index (χ0n) is 27.9. The second-order valence-electron chi connectivity index (χ2n) is 13.1. The molecule has 3 aliphatic rings. The molecule has 2 saturated heterocycles. The van der Waals surface area contributed by atoms with Crippen LogP contribution in [0.2, 0.25) is 0 Å². The number of amides is 1. The average molecular weight is 627 g/mol. The number of hydrogen-bond donors (Lipinski definition) is 2. The van der Waals surface area contributed by atoms with Gasteiger partial charge in [0.05, 0.1) is 13.2 Å². The van der Waals surface area contributed by atoms with Crippen LogP contribution in [0.3, 0.4) is 0 Å². The van der Waals surface area contributed by atoms with Crippen molar-refractivity contribution in [2.45, 2.75) is 78.3 Å². The van der Waals surface area contributed by atoms with Gasteiger partial charge in [0.1, 0.15) is 0 Å². The first-order chi connectivity index (χ1) is 22.4. The molecule has 0 atom stereocenters. The molecule has 246 valence electrons. The Bertz CT molecular complexity index is 1570. The molecule has 1 aromatic heterocycles. The minimum Gasteiger partial charge on any atom is -0.381 e. The zero-order chi connectivity index (χ0) is 32.0. The number of hydrogen-bond acceptors (Lipinski definition) is 6. The van der Waals surface area contributed by atoms with Gasteiger partial charge in [-0.05, 0) is 111 Å². The normalized spacial score (nSPS) is 17.5. The number of nitrogens with one attached hydrogen (secondary N) is 2. The number of aryl methyl sites for hydroxylation is 1. The van der Waals surface area contributed by atoms with Crippen LogP contribution in [0, 0.1) is 13.8 Å². The molecule has 1 aliphatic carbocycles. The van der Waals surface area contributed by atoms with E-state index in [-0.39, 0.29) is 18.0 Å². The zero-order valence-corrected chi connectivity index (χ0v) is 27.9. The van der Waals surface area contributed by atoms with Gasteiger partial charge >= 0.3 is 0 Å². The van der Waals surface area contributed by atoms with Crippen LogP contribution >= 0.6 is 0 Å². The molecule has 0 spiro atoms. The summed E-state index contributed by atoms with van der Waals surface area (Å²) in [5.74, 6) is -0.143. The van der Waals surface area contributed by atoms with Gasteiger partial charge in [0.25, 0.3) is 11.5 Å². The molecule has 8 heteroatoms. The van der Waals surface area contributed by atoms with E-state index >= 15 is 0 Å². The fraction of sp³-hybridized carbons (Fsp3) is 0.526. The van der Waals surface area contributed by atoms with Crippen molar-refractivity contribution in [3.8, 4) is 11.1 Å². The summed E-state index contributed by atoms with van der Waals surface area (Å²) < 4.78 is 11.2. The highest BCUT2D eigenvalue weighted by molar-refractivity contribution is 5.99. The van der Waals surface area contributed by atoms with Gasteiger partial charge < -0.3 is 24.7 Å². The highest BCUT2D eigenvalue weighted by Crippen LogP contribution is 2.34. The molecular weight excluding hydrogens is 576 g/mol. The lowest BCUT2D eigenvalue weighted by atomic mass is 9.88. The topological polar surface area (TPSA) is 86.9 Å². The Morgan fingerprint density at radius 3 is 2.37 bits per heavy atom. The third-order valence-electron chi connectivity index (χ3n) is 10.3. The summed E-state index contributed by atoms with van der Waals surface area (Å²) in [4.78, 5) is 35.0. The summed E-state index contributed by atoms with van der Waals surface area (Å²) in [6.07, 6.45) is 7.03. The van der Waals surface area contributed by atoms with Gasteiger partial charge in [0, 0.05) is 74.5 Å². The van der Waals surface area contributed by atoms with Crippen LogP contribution < -0.4 is 15.8 Å². The summed E-state index contributed by atoms with van der Waals surface area (Å²) in [6, 6.07) is 13.5. The Morgan fingerprint density at radius 1 is 0.957 bits per heavy atom. The average Bonchev–Trinajstić information content (AvgIpc) is 3.09. The number of pyridine rings is 1. The van der Waals surface area contributed by atoms with Crippen molar-refractivity contribution >= 4 is 11.6 Å². The SMILES string of the molecule is CCN(c1cc(-c2ccc(CCN3CCOCC3)cc2)cc(C(=O)NCc2c3c(c(C)[nH]c2=O)CCCC3)c1C)C1CCOCC1. The lowest BCUT2D eigenvalue weighted by Gasteiger charge is -2.37. The maximum Gasteiger partial charge on any atom is 0.253 e. The van der Waals surface area contributed by atoms with E-state index in [1.807, 2.05) is 13.0 Å². The van der Waals surface area contributed by atoms with E-state index in [1.165, 1.54) is 11.1 Å². The largest absolute Gasteiger partial charge is 0.381 e. The van der Waals surface area contributed by atoms with Crippen molar-refractivity contribution in [1.29, 1.82) is 0 Å². The first-order valence-electron chi connectivity index (χ1n) is 17.3. The first-order valence-corrected chi connectivity index (χ1v) is 17.3. The third kappa shape index (κ3) is 7.24. The number of ether oxygens (including phenoxy) is 2. The molecule has 0 radical (unpaired) electrons. The molecular formula is C38H50N4O4. The molecule has 0 bridgehead atoms. The number of nitrogens with zero attached hydrogens (tertiary/aromatic N) is 2. The number of H-pyrrole nitrogens is 1. The lowest BCUT2D eigenvalue weighted by Crippen LogP contribution is -2.40. The Labute approximate surface area is 273 Å². The minimum atomic E-state index is -0.143. The van der Waals surface area contributed by atoms with Gasteiger partial charge in [-0.2, -0.15) is 0 Å². The van der Waals surface area contributed by atoms with Crippen LogP contribution in [0.15, 0.2) is 41.2 Å². The number of aromatic amines is 1. The van der Waals surface area contributed by atoms with Crippen molar-refractivity contribution in [3.63, 3.8) is 0 Å². The second-order valence-corrected chi connectivity index (χ2v) is 13.1. The Kier molecular flexibility index (Phi) is 10.6. The van der Waals surface area contributed by atoms with Crippen molar-refractivity contribution in [1.82, 2.24) is 15.2 Å². The van der Waals surface area contributed by atoms with Crippen LogP contribution in [-0.2, 0) is 35.3 Å². The van der Waals surface area contributed by atoms with E-state index in [1.54, 1.807) is 0 Å². The van der Waals surface area contributed by atoms with Gasteiger partial charge in [-0.15, -0.1) is 0 Å². The quantitative estimate of drug-likeness (QED) is 0.316. The number of rotatable bonds is 10. The van der Waals surface area contributed by atoms with Crippen LogP contribution in [0.4, 0.5) is 5.69 Å². The van der Waals surface area contributed by atoms with Gasteiger partial charge in [0.15, 0.2) is 0 Å². The number of aromatic nitrogens is 1. The highest BCUT2D eigenvalue weighted by atomic mass is 16.5. The van der Waals surface area contributed by atoms with E-state index in [0.29, 0.717) is 17.2 Å². The Morgan fingerprint density at radius 2 is 1.65 bits per heavy atom. The van der Waals surface area contributed by atoms with Gasteiger partial charge in [0.2, 0.25) is 0 Å². The molecule has 2 aromatic carbocycles. The van der Waals surface area contributed by atoms with Crippen molar-refractivity contribution < 1.29 is 14.3 Å². The van der Waals surface area contributed by atoms with E-state index in [0.717, 1.165) is 131 Å². The van der Waals surface area contributed by atoms with Crippen LogP contribution in [0.1, 0.15) is 76.5 Å². The number of benzene rings is 2. The van der Waals surface area contributed by atoms with E-state index < -0.39 is 0 Å². The molecule has 8 nitrogen and oxygen atoms in total. The minimum absolute atomic E-state index is 0.0880. The molecule has 3 aromatic rings. The van der Waals surface area contributed by atoms with Crippen molar-refractivity contribution in [2.75, 3.05) is 57.5 Å². The molecule has 6 rings (SSSR count). The summed E-state index contributed by atoms with van der Waals surface area (Å²) in [6.45, 7) is 13.5. The molecule has 2 N–H and O–H groups in total. The fourth-order valence-electron chi connectivity index (χ4n) is 7.56. The molecule has 1 amide bonds. The lowest BCUT2D eigenvalue weighted by molar-refractivity contribution is 0.0384.